The minimum atomic E-state index is -0.765. The summed E-state index contributed by atoms with van der Waals surface area (Å²) in [5.74, 6) is -1.52. The highest BCUT2D eigenvalue weighted by molar-refractivity contribution is 8.15. The van der Waals surface area contributed by atoms with Crippen molar-refractivity contribution in [2.24, 2.45) is 19.1 Å². The van der Waals surface area contributed by atoms with E-state index in [1.165, 1.54) is 38.4 Å². The molecular formula is C23H23FN4O4S. The van der Waals surface area contributed by atoms with Crippen LogP contribution in [0.15, 0.2) is 57.0 Å². The van der Waals surface area contributed by atoms with Crippen molar-refractivity contribution in [2.75, 3.05) is 11.1 Å². The molecule has 0 saturated carbocycles. The van der Waals surface area contributed by atoms with E-state index in [4.69, 9.17) is 0 Å². The highest BCUT2D eigenvalue weighted by Crippen LogP contribution is 2.24. The third kappa shape index (κ3) is 5.40. The third-order valence-corrected chi connectivity index (χ3v) is 6.01. The maximum Gasteiger partial charge on any atom is 0.333 e. The lowest BCUT2D eigenvalue weighted by Crippen LogP contribution is -2.39. The van der Waals surface area contributed by atoms with Crippen molar-refractivity contribution in [2.45, 2.75) is 13.8 Å². The number of halogens is 1. The van der Waals surface area contributed by atoms with E-state index in [-0.39, 0.29) is 22.3 Å². The summed E-state index contributed by atoms with van der Waals surface area (Å²) in [6, 6.07) is 10.7. The van der Waals surface area contributed by atoms with Crippen molar-refractivity contribution in [3.63, 3.8) is 0 Å². The Morgan fingerprint density at radius 2 is 1.73 bits per heavy atom. The van der Waals surface area contributed by atoms with Gasteiger partial charge in [-0.05, 0) is 61.4 Å². The van der Waals surface area contributed by atoms with E-state index in [2.05, 4.69) is 10.3 Å². The Bertz CT molecular complexity index is 1360. The van der Waals surface area contributed by atoms with Crippen LogP contribution in [0.5, 0.6) is 5.88 Å². The highest BCUT2D eigenvalue weighted by atomic mass is 32.2. The van der Waals surface area contributed by atoms with Gasteiger partial charge < -0.3 is 10.4 Å². The summed E-state index contributed by atoms with van der Waals surface area (Å²) in [5, 5.41) is 13.3. The summed E-state index contributed by atoms with van der Waals surface area (Å²) >= 11 is 0.915. The second-order valence-corrected chi connectivity index (χ2v) is 8.40. The van der Waals surface area contributed by atoms with Crippen LogP contribution < -0.4 is 16.6 Å². The van der Waals surface area contributed by atoms with E-state index < -0.39 is 22.9 Å². The molecule has 0 atom stereocenters. The van der Waals surface area contributed by atoms with Gasteiger partial charge in [-0.15, -0.1) is 0 Å². The molecule has 0 spiro atoms. The molecule has 0 radical (unpaired) electrons. The fourth-order valence-corrected chi connectivity index (χ4v) is 3.80. The predicted octanol–water partition coefficient (Wildman–Crippen LogP) is 3.00. The SMILES string of the molecule is Cc1ccc(NC(=O)CSC(=Nc2ccc(F)cc2)c2c(O)n(C)c(=O)n(C)c2=O)cc1C. The summed E-state index contributed by atoms with van der Waals surface area (Å²) < 4.78 is 15.0. The van der Waals surface area contributed by atoms with E-state index in [1.54, 1.807) is 6.07 Å². The lowest BCUT2D eigenvalue weighted by Gasteiger charge is -2.13. The Kier molecular flexibility index (Phi) is 7.17. The van der Waals surface area contributed by atoms with Crippen LogP contribution in [0.25, 0.3) is 0 Å². The molecule has 0 unspecified atom stereocenters. The monoisotopic (exact) mass is 470 g/mol. The quantitative estimate of drug-likeness (QED) is 0.441. The number of aromatic hydroxyl groups is 1. The summed E-state index contributed by atoms with van der Waals surface area (Å²) in [6.07, 6.45) is 0. The molecule has 1 heterocycles. The number of benzene rings is 2. The number of nitrogens with one attached hydrogen (secondary N) is 1. The standard InChI is InChI=1S/C23H23FN4O4S/c1-13-5-8-17(11-14(13)2)25-18(29)12-33-20(26-16-9-6-15(24)7-10-16)19-21(30)27(3)23(32)28(4)22(19)31/h5-11,30H,12H2,1-4H3,(H,25,29). The molecule has 0 bridgehead atoms. The van der Waals surface area contributed by atoms with Crippen LogP contribution in [0, 0.1) is 19.7 Å². The third-order valence-electron chi connectivity index (χ3n) is 5.04. The lowest BCUT2D eigenvalue weighted by atomic mass is 10.1. The minimum Gasteiger partial charge on any atom is -0.494 e. The Hall–Kier alpha value is -3.66. The molecule has 33 heavy (non-hydrogen) atoms. The normalized spacial score (nSPS) is 11.5. The van der Waals surface area contributed by atoms with E-state index >= 15 is 0 Å². The van der Waals surface area contributed by atoms with Crippen molar-refractivity contribution in [1.82, 2.24) is 9.13 Å². The number of aliphatic imine (C=N–C) groups is 1. The number of aromatic nitrogens is 2. The van der Waals surface area contributed by atoms with E-state index in [0.29, 0.717) is 11.4 Å². The molecular weight excluding hydrogens is 447 g/mol. The Morgan fingerprint density at radius 1 is 1.06 bits per heavy atom. The molecule has 0 fully saturated rings. The average molecular weight is 471 g/mol. The van der Waals surface area contributed by atoms with Gasteiger partial charge in [0.15, 0.2) is 0 Å². The molecule has 0 aliphatic carbocycles. The fraction of sp³-hybridized carbons (Fsp3) is 0.217. The Balaban J connectivity index is 1.96. The molecule has 3 rings (SSSR count). The number of hydrogen-bond donors (Lipinski definition) is 2. The largest absolute Gasteiger partial charge is 0.494 e. The van der Waals surface area contributed by atoms with Crippen LogP contribution in [-0.2, 0) is 18.9 Å². The van der Waals surface area contributed by atoms with Gasteiger partial charge in [-0.2, -0.15) is 0 Å². The van der Waals surface area contributed by atoms with Crippen molar-refractivity contribution in [3.8, 4) is 5.88 Å². The number of rotatable bonds is 5. The minimum absolute atomic E-state index is 0.0190. The zero-order chi connectivity index (χ0) is 24.3. The molecule has 0 saturated heterocycles. The molecule has 10 heteroatoms. The van der Waals surface area contributed by atoms with Gasteiger partial charge in [0.2, 0.25) is 11.8 Å². The molecule has 2 aromatic carbocycles. The van der Waals surface area contributed by atoms with Gasteiger partial charge in [-0.3, -0.25) is 18.7 Å². The van der Waals surface area contributed by atoms with E-state index in [0.717, 1.165) is 32.0 Å². The first-order chi connectivity index (χ1) is 15.6. The maximum absolute atomic E-state index is 13.3. The topological polar surface area (TPSA) is 106 Å². The number of anilines is 1. The first-order valence-corrected chi connectivity index (χ1v) is 10.9. The van der Waals surface area contributed by atoms with Crippen molar-refractivity contribution in [3.05, 3.63) is 85.8 Å². The van der Waals surface area contributed by atoms with Crippen molar-refractivity contribution < 1.29 is 14.3 Å². The zero-order valence-corrected chi connectivity index (χ0v) is 19.4. The summed E-state index contributed by atoms with van der Waals surface area (Å²) in [6.45, 7) is 3.90. The first-order valence-electron chi connectivity index (χ1n) is 9.92. The van der Waals surface area contributed by atoms with Crippen LogP contribution in [0.2, 0.25) is 0 Å². The number of thioether (sulfide) groups is 1. The van der Waals surface area contributed by atoms with Gasteiger partial charge in [-0.1, -0.05) is 17.8 Å². The number of nitrogens with zero attached hydrogens (tertiary/aromatic N) is 3. The average Bonchev–Trinajstić information content (AvgIpc) is 2.78. The van der Waals surface area contributed by atoms with Gasteiger partial charge in [0.25, 0.3) is 5.56 Å². The van der Waals surface area contributed by atoms with Gasteiger partial charge in [0, 0.05) is 19.8 Å². The predicted molar refractivity (Wildman–Crippen MR) is 128 cm³/mol. The number of carbonyl (C=O) groups excluding carboxylic acids is 1. The first kappa shape index (κ1) is 24.0. The molecule has 1 amide bonds. The van der Waals surface area contributed by atoms with Crippen molar-refractivity contribution in [1.29, 1.82) is 0 Å². The highest BCUT2D eigenvalue weighted by Gasteiger charge is 2.22. The van der Waals surface area contributed by atoms with Gasteiger partial charge in [-0.25, -0.2) is 14.2 Å². The molecule has 0 aliphatic heterocycles. The summed E-state index contributed by atoms with van der Waals surface area (Å²) in [7, 11) is 2.59. The van der Waals surface area contributed by atoms with Crippen LogP contribution in [0.1, 0.15) is 16.7 Å². The number of amides is 1. The van der Waals surface area contributed by atoms with Crippen LogP contribution >= 0.6 is 11.8 Å². The Morgan fingerprint density at radius 3 is 2.36 bits per heavy atom. The smallest absolute Gasteiger partial charge is 0.333 e. The molecule has 0 aliphatic rings. The molecule has 2 N–H and O–H groups in total. The van der Waals surface area contributed by atoms with Gasteiger partial charge in [0.05, 0.1) is 11.4 Å². The molecule has 8 nitrogen and oxygen atoms in total. The van der Waals surface area contributed by atoms with Gasteiger partial charge >= 0.3 is 5.69 Å². The lowest BCUT2D eigenvalue weighted by molar-refractivity contribution is -0.113. The Labute approximate surface area is 193 Å². The molecule has 172 valence electrons. The molecule has 1 aromatic heterocycles. The summed E-state index contributed by atoms with van der Waals surface area (Å²) in [4.78, 5) is 41.8. The molecule has 3 aromatic rings. The second-order valence-electron chi connectivity index (χ2n) is 7.43. The number of hydrogen-bond acceptors (Lipinski definition) is 6. The van der Waals surface area contributed by atoms with Crippen LogP contribution in [0.4, 0.5) is 15.8 Å². The summed E-state index contributed by atoms with van der Waals surface area (Å²) in [5.41, 5.74) is 1.35. The second kappa shape index (κ2) is 9.86. The van der Waals surface area contributed by atoms with E-state index in [9.17, 15) is 23.9 Å². The van der Waals surface area contributed by atoms with Crippen molar-refractivity contribution >= 4 is 34.1 Å². The van der Waals surface area contributed by atoms with Crippen LogP contribution in [-0.4, -0.2) is 30.9 Å². The van der Waals surface area contributed by atoms with Gasteiger partial charge in [0.1, 0.15) is 16.4 Å². The van der Waals surface area contributed by atoms with E-state index in [1.807, 2.05) is 26.0 Å². The number of aryl methyl sites for hydroxylation is 2. The maximum atomic E-state index is 13.3. The number of carbonyl (C=O) groups is 1. The fourth-order valence-electron chi connectivity index (χ4n) is 2.96. The van der Waals surface area contributed by atoms with Crippen LogP contribution in [0.3, 0.4) is 0 Å². The zero-order valence-electron chi connectivity index (χ0n) is 18.5.